The third-order valence-electron chi connectivity index (χ3n) is 2.81. The van der Waals surface area contributed by atoms with Gasteiger partial charge in [-0.2, -0.15) is 0 Å². The van der Waals surface area contributed by atoms with Crippen molar-refractivity contribution < 1.29 is 14.3 Å². The highest BCUT2D eigenvalue weighted by Gasteiger charge is 2.11. The topological polar surface area (TPSA) is 74.4 Å². The van der Waals surface area contributed by atoms with Crippen LogP contribution in [-0.2, 0) is 11.3 Å². The van der Waals surface area contributed by atoms with Crippen LogP contribution in [0.1, 0.15) is 21.6 Å². The number of anilines is 1. The van der Waals surface area contributed by atoms with E-state index >= 15 is 0 Å². The highest BCUT2D eigenvalue weighted by Crippen LogP contribution is 2.15. The largest absolute Gasteiger partial charge is 0.481 e. The molecule has 0 bridgehead atoms. The van der Waals surface area contributed by atoms with Crippen LogP contribution in [0.15, 0.2) is 36.4 Å². The number of hydrogen-bond donors (Lipinski definition) is 1. The van der Waals surface area contributed by atoms with Crippen molar-refractivity contribution in [2.24, 2.45) is 0 Å². The van der Waals surface area contributed by atoms with Gasteiger partial charge in [-0.05, 0) is 36.8 Å². The van der Waals surface area contributed by atoms with Gasteiger partial charge in [0.05, 0.1) is 18.4 Å². The Morgan fingerprint density at radius 3 is 2.80 bits per heavy atom. The van der Waals surface area contributed by atoms with E-state index in [0.29, 0.717) is 22.8 Å². The normalized spacial score (nSPS) is 10.1. The predicted molar refractivity (Wildman–Crippen MR) is 75.5 cm³/mol. The number of ether oxygens (including phenoxy) is 2. The molecular formula is C15H16N2O3. The van der Waals surface area contributed by atoms with Crippen LogP contribution in [0.5, 0.6) is 5.88 Å². The molecule has 20 heavy (non-hydrogen) atoms. The summed E-state index contributed by atoms with van der Waals surface area (Å²) in [7, 11) is 1.54. The lowest BCUT2D eigenvalue weighted by Gasteiger charge is -2.08. The van der Waals surface area contributed by atoms with Crippen LogP contribution in [0.3, 0.4) is 0 Å². The predicted octanol–water partition coefficient (Wildman–Crippen LogP) is 2.34. The Labute approximate surface area is 117 Å². The first kappa shape index (κ1) is 13.9. The summed E-state index contributed by atoms with van der Waals surface area (Å²) in [5.41, 5.74) is 8.19. The maximum absolute atomic E-state index is 12.0. The second-order valence-corrected chi connectivity index (χ2v) is 4.32. The van der Waals surface area contributed by atoms with Crippen LogP contribution in [-0.4, -0.2) is 18.1 Å². The fraction of sp³-hybridized carbons (Fsp3) is 0.200. The lowest BCUT2D eigenvalue weighted by atomic mass is 10.1. The summed E-state index contributed by atoms with van der Waals surface area (Å²) in [5.74, 6) is 0.0920. The summed E-state index contributed by atoms with van der Waals surface area (Å²) < 4.78 is 10.2. The van der Waals surface area contributed by atoms with Gasteiger partial charge in [-0.3, -0.25) is 0 Å². The standard InChI is InChI=1S/C15H16N2O3/c1-10-8-11(16)6-7-13(10)15(18)20-9-12-4-3-5-14(17-12)19-2/h3-8H,9,16H2,1-2H3. The van der Waals surface area contributed by atoms with Crippen molar-refractivity contribution in [3.05, 3.63) is 53.2 Å². The van der Waals surface area contributed by atoms with Crippen LogP contribution < -0.4 is 10.5 Å². The van der Waals surface area contributed by atoms with E-state index in [2.05, 4.69) is 4.98 Å². The van der Waals surface area contributed by atoms with E-state index in [0.717, 1.165) is 5.56 Å². The zero-order chi connectivity index (χ0) is 14.5. The van der Waals surface area contributed by atoms with Crippen molar-refractivity contribution in [1.29, 1.82) is 0 Å². The summed E-state index contributed by atoms with van der Waals surface area (Å²) in [4.78, 5) is 16.2. The molecule has 2 rings (SSSR count). The molecule has 0 amide bonds. The number of aryl methyl sites for hydroxylation is 1. The van der Waals surface area contributed by atoms with Crippen molar-refractivity contribution in [2.45, 2.75) is 13.5 Å². The monoisotopic (exact) mass is 272 g/mol. The van der Waals surface area contributed by atoms with Crippen LogP contribution in [0.25, 0.3) is 0 Å². The van der Waals surface area contributed by atoms with E-state index in [4.69, 9.17) is 15.2 Å². The summed E-state index contributed by atoms with van der Waals surface area (Å²) >= 11 is 0. The molecule has 5 heteroatoms. The lowest BCUT2D eigenvalue weighted by molar-refractivity contribution is 0.0466. The SMILES string of the molecule is COc1cccc(COC(=O)c2ccc(N)cc2C)n1. The number of nitrogen functional groups attached to an aromatic ring is 1. The second-order valence-electron chi connectivity index (χ2n) is 4.32. The molecule has 0 saturated carbocycles. The number of rotatable bonds is 4. The fourth-order valence-electron chi connectivity index (χ4n) is 1.78. The van der Waals surface area contributed by atoms with Gasteiger partial charge in [0, 0.05) is 11.8 Å². The highest BCUT2D eigenvalue weighted by atomic mass is 16.5. The van der Waals surface area contributed by atoms with Crippen molar-refractivity contribution >= 4 is 11.7 Å². The number of hydrogen-bond acceptors (Lipinski definition) is 5. The first-order valence-electron chi connectivity index (χ1n) is 6.13. The minimum atomic E-state index is -0.396. The number of nitrogens with two attached hydrogens (primary N) is 1. The molecular weight excluding hydrogens is 256 g/mol. The molecule has 0 fully saturated rings. The van der Waals surface area contributed by atoms with Crippen molar-refractivity contribution in [2.75, 3.05) is 12.8 Å². The number of esters is 1. The Balaban J connectivity index is 2.04. The van der Waals surface area contributed by atoms with E-state index in [1.807, 2.05) is 6.92 Å². The summed E-state index contributed by atoms with van der Waals surface area (Å²) in [6.07, 6.45) is 0. The molecule has 104 valence electrons. The number of aromatic nitrogens is 1. The number of pyridine rings is 1. The summed E-state index contributed by atoms with van der Waals surface area (Å²) in [5, 5.41) is 0. The molecule has 1 aromatic heterocycles. The third-order valence-corrected chi connectivity index (χ3v) is 2.81. The van der Waals surface area contributed by atoms with Crippen LogP contribution in [0, 0.1) is 6.92 Å². The van der Waals surface area contributed by atoms with Gasteiger partial charge in [0.25, 0.3) is 0 Å². The molecule has 5 nitrogen and oxygen atoms in total. The third kappa shape index (κ3) is 3.26. The van der Waals surface area contributed by atoms with E-state index in [1.54, 1.807) is 36.4 Å². The highest BCUT2D eigenvalue weighted by molar-refractivity contribution is 5.91. The van der Waals surface area contributed by atoms with E-state index in [-0.39, 0.29) is 6.61 Å². The molecule has 0 saturated heterocycles. The van der Waals surface area contributed by atoms with Gasteiger partial charge < -0.3 is 15.2 Å². The average Bonchev–Trinajstić information content (AvgIpc) is 2.45. The molecule has 0 aliphatic rings. The Bertz CT molecular complexity index is 626. The van der Waals surface area contributed by atoms with Gasteiger partial charge in [0.1, 0.15) is 6.61 Å². The van der Waals surface area contributed by atoms with Crippen LogP contribution in [0.4, 0.5) is 5.69 Å². The Morgan fingerprint density at radius 2 is 2.10 bits per heavy atom. The Hall–Kier alpha value is -2.56. The summed E-state index contributed by atoms with van der Waals surface area (Å²) in [6.45, 7) is 1.91. The molecule has 0 spiro atoms. The first-order chi connectivity index (χ1) is 9.60. The molecule has 1 heterocycles. The van der Waals surface area contributed by atoms with Gasteiger partial charge in [-0.15, -0.1) is 0 Å². The van der Waals surface area contributed by atoms with Gasteiger partial charge in [-0.25, -0.2) is 9.78 Å². The second kappa shape index (κ2) is 6.06. The molecule has 1 aromatic carbocycles. The number of carbonyl (C=O) groups excluding carboxylic acids is 1. The van der Waals surface area contributed by atoms with Crippen LogP contribution in [0.2, 0.25) is 0 Å². The van der Waals surface area contributed by atoms with Crippen molar-refractivity contribution in [3.8, 4) is 5.88 Å². The van der Waals surface area contributed by atoms with Gasteiger partial charge in [0.15, 0.2) is 0 Å². The number of carbonyl (C=O) groups is 1. The van der Waals surface area contributed by atoms with E-state index < -0.39 is 5.97 Å². The zero-order valence-corrected chi connectivity index (χ0v) is 11.4. The minimum Gasteiger partial charge on any atom is -0.481 e. The number of methoxy groups -OCH3 is 1. The van der Waals surface area contributed by atoms with E-state index in [9.17, 15) is 4.79 Å². The van der Waals surface area contributed by atoms with Crippen molar-refractivity contribution in [1.82, 2.24) is 4.98 Å². The molecule has 2 aromatic rings. The molecule has 0 aliphatic carbocycles. The Morgan fingerprint density at radius 1 is 1.30 bits per heavy atom. The average molecular weight is 272 g/mol. The number of benzene rings is 1. The van der Waals surface area contributed by atoms with Gasteiger partial charge in [-0.1, -0.05) is 6.07 Å². The van der Waals surface area contributed by atoms with Gasteiger partial charge >= 0.3 is 5.97 Å². The molecule has 0 aliphatic heterocycles. The van der Waals surface area contributed by atoms with Crippen LogP contribution >= 0.6 is 0 Å². The van der Waals surface area contributed by atoms with E-state index in [1.165, 1.54) is 7.11 Å². The summed E-state index contributed by atoms with van der Waals surface area (Å²) in [6, 6.07) is 10.4. The molecule has 2 N–H and O–H groups in total. The number of nitrogens with zero attached hydrogens (tertiary/aromatic N) is 1. The maximum atomic E-state index is 12.0. The lowest BCUT2D eigenvalue weighted by Crippen LogP contribution is -2.08. The van der Waals surface area contributed by atoms with Crippen molar-refractivity contribution in [3.63, 3.8) is 0 Å². The molecule has 0 unspecified atom stereocenters. The zero-order valence-electron chi connectivity index (χ0n) is 11.4. The fourth-order valence-corrected chi connectivity index (χ4v) is 1.78. The Kier molecular flexibility index (Phi) is 4.20. The maximum Gasteiger partial charge on any atom is 0.338 e. The quantitative estimate of drug-likeness (QED) is 0.683. The smallest absolute Gasteiger partial charge is 0.338 e. The first-order valence-corrected chi connectivity index (χ1v) is 6.13. The minimum absolute atomic E-state index is 0.0971. The van der Waals surface area contributed by atoms with Gasteiger partial charge in [0.2, 0.25) is 5.88 Å². The molecule has 0 radical (unpaired) electrons. The molecule has 0 atom stereocenters.